The second-order valence-corrected chi connectivity index (χ2v) is 4.86. The molecule has 0 saturated carbocycles. The molecule has 0 bridgehead atoms. The van der Waals surface area contributed by atoms with Crippen LogP contribution < -0.4 is 10.1 Å². The fraction of sp³-hybridized carbons (Fsp3) is 0.571. The smallest absolute Gasteiger partial charge is 0.165 e. The van der Waals surface area contributed by atoms with Crippen molar-refractivity contribution in [2.45, 2.75) is 26.2 Å². The van der Waals surface area contributed by atoms with Gasteiger partial charge in [0.05, 0.1) is 13.2 Å². The molecule has 3 nitrogen and oxygen atoms in total. The Bertz CT molecular complexity index is 380. The molecule has 4 heteroatoms. The summed E-state index contributed by atoms with van der Waals surface area (Å²) in [6, 6.07) is 5.07. The molecule has 0 spiro atoms. The first-order chi connectivity index (χ1) is 8.51. The van der Waals surface area contributed by atoms with Crippen LogP contribution in [0.2, 0.25) is 0 Å². The summed E-state index contributed by atoms with van der Waals surface area (Å²) in [4.78, 5) is 0. The molecule has 1 aromatic carbocycles. The SMILES string of the molecule is CCOc1ccc(C(C)(C)CNCCO)cc1F. The lowest BCUT2D eigenvalue weighted by atomic mass is 9.84. The van der Waals surface area contributed by atoms with E-state index in [0.29, 0.717) is 25.4 Å². The predicted molar refractivity (Wildman–Crippen MR) is 70.6 cm³/mol. The number of ether oxygens (including phenoxy) is 1. The van der Waals surface area contributed by atoms with Gasteiger partial charge in [0.2, 0.25) is 0 Å². The van der Waals surface area contributed by atoms with Gasteiger partial charge in [0.15, 0.2) is 11.6 Å². The zero-order valence-electron chi connectivity index (χ0n) is 11.3. The molecule has 1 rings (SSSR count). The highest BCUT2D eigenvalue weighted by molar-refractivity contribution is 5.33. The van der Waals surface area contributed by atoms with Gasteiger partial charge in [-0.15, -0.1) is 0 Å². The predicted octanol–water partition coefficient (Wildman–Crippen LogP) is 2.08. The van der Waals surface area contributed by atoms with Crippen molar-refractivity contribution < 1.29 is 14.2 Å². The van der Waals surface area contributed by atoms with Gasteiger partial charge in [-0.1, -0.05) is 19.9 Å². The van der Waals surface area contributed by atoms with Crippen LogP contribution in [0.5, 0.6) is 5.75 Å². The summed E-state index contributed by atoms with van der Waals surface area (Å²) in [6.07, 6.45) is 0. The Kier molecular flexibility index (Phi) is 5.56. The lowest BCUT2D eigenvalue weighted by molar-refractivity contribution is 0.286. The summed E-state index contributed by atoms with van der Waals surface area (Å²) in [6.45, 7) is 7.68. The Morgan fingerprint density at radius 2 is 2.11 bits per heavy atom. The summed E-state index contributed by atoms with van der Waals surface area (Å²) < 4.78 is 18.9. The molecule has 0 unspecified atom stereocenters. The van der Waals surface area contributed by atoms with E-state index in [1.807, 2.05) is 26.8 Å². The fourth-order valence-electron chi connectivity index (χ4n) is 1.78. The van der Waals surface area contributed by atoms with Crippen LogP contribution >= 0.6 is 0 Å². The van der Waals surface area contributed by atoms with Crippen LogP contribution in [0, 0.1) is 5.82 Å². The van der Waals surface area contributed by atoms with Crippen molar-refractivity contribution in [1.82, 2.24) is 5.32 Å². The van der Waals surface area contributed by atoms with Crippen LogP contribution in [0.3, 0.4) is 0 Å². The molecule has 18 heavy (non-hydrogen) atoms. The second-order valence-electron chi connectivity index (χ2n) is 4.86. The number of benzene rings is 1. The Hall–Kier alpha value is -1.13. The van der Waals surface area contributed by atoms with E-state index in [4.69, 9.17) is 9.84 Å². The van der Waals surface area contributed by atoms with E-state index in [1.54, 1.807) is 6.07 Å². The topological polar surface area (TPSA) is 41.5 Å². The molecule has 0 fully saturated rings. The van der Waals surface area contributed by atoms with Crippen LogP contribution in [-0.4, -0.2) is 31.4 Å². The molecule has 1 aromatic rings. The van der Waals surface area contributed by atoms with Crippen molar-refractivity contribution >= 4 is 0 Å². The Morgan fingerprint density at radius 1 is 1.39 bits per heavy atom. The number of aliphatic hydroxyl groups excluding tert-OH is 1. The molecule has 0 heterocycles. The van der Waals surface area contributed by atoms with E-state index in [0.717, 1.165) is 5.56 Å². The van der Waals surface area contributed by atoms with Gasteiger partial charge >= 0.3 is 0 Å². The maximum absolute atomic E-state index is 13.8. The van der Waals surface area contributed by atoms with Crippen molar-refractivity contribution in [3.8, 4) is 5.75 Å². The van der Waals surface area contributed by atoms with Gasteiger partial charge in [0.1, 0.15) is 0 Å². The number of rotatable bonds is 7. The van der Waals surface area contributed by atoms with Gasteiger partial charge in [0, 0.05) is 18.5 Å². The molecule has 0 aliphatic heterocycles. The maximum atomic E-state index is 13.8. The summed E-state index contributed by atoms with van der Waals surface area (Å²) in [5, 5.41) is 11.9. The Morgan fingerprint density at radius 3 is 2.67 bits per heavy atom. The minimum atomic E-state index is -0.329. The molecule has 0 amide bonds. The van der Waals surface area contributed by atoms with Gasteiger partial charge in [-0.05, 0) is 24.6 Å². The van der Waals surface area contributed by atoms with Crippen LogP contribution in [0.15, 0.2) is 18.2 Å². The third-order valence-electron chi connectivity index (χ3n) is 2.87. The lowest BCUT2D eigenvalue weighted by Crippen LogP contribution is -2.34. The first-order valence-corrected chi connectivity index (χ1v) is 6.25. The highest BCUT2D eigenvalue weighted by Gasteiger charge is 2.21. The van der Waals surface area contributed by atoms with Crippen LogP contribution in [0.25, 0.3) is 0 Å². The van der Waals surface area contributed by atoms with Crippen LogP contribution in [-0.2, 0) is 5.41 Å². The number of hydrogen-bond acceptors (Lipinski definition) is 3. The summed E-state index contributed by atoms with van der Waals surface area (Å²) >= 11 is 0. The average molecular weight is 255 g/mol. The monoisotopic (exact) mass is 255 g/mol. The summed E-state index contributed by atoms with van der Waals surface area (Å²) in [5.41, 5.74) is 0.717. The maximum Gasteiger partial charge on any atom is 0.165 e. The standard InChI is InChI=1S/C14H22FNO2/c1-4-18-13-6-5-11(9-12(13)15)14(2,3)10-16-7-8-17/h5-6,9,16-17H,4,7-8,10H2,1-3H3. The van der Waals surface area contributed by atoms with Crippen molar-refractivity contribution in [2.24, 2.45) is 0 Å². The van der Waals surface area contributed by atoms with Crippen molar-refractivity contribution in [3.05, 3.63) is 29.6 Å². The van der Waals surface area contributed by atoms with E-state index < -0.39 is 0 Å². The largest absolute Gasteiger partial charge is 0.491 e. The molecule has 0 aliphatic carbocycles. The zero-order valence-corrected chi connectivity index (χ0v) is 11.3. The number of nitrogens with one attached hydrogen (secondary N) is 1. The minimum Gasteiger partial charge on any atom is -0.491 e. The molecule has 0 aromatic heterocycles. The highest BCUT2D eigenvalue weighted by Crippen LogP contribution is 2.27. The zero-order chi connectivity index (χ0) is 13.6. The quantitative estimate of drug-likeness (QED) is 0.733. The van der Waals surface area contributed by atoms with E-state index in [9.17, 15) is 4.39 Å². The van der Waals surface area contributed by atoms with Crippen molar-refractivity contribution in [2.75, 3.05) is 26.3 Å². The molecular formula is C14H22FNO2. The van der Waals surface area contributed by atoms with E-state index >= 15 is 0 Å². The van der Waals surface area contributed by atoms with E-state index in [1.165, 1.54) is 6.07 Å². The molecular weight excluding hydrogens is 233 g/mol. The fourth-order valence-corrected chi connectivity index (χ4v) is 1.78. The molecule has 0 atom stereocenters. The Labute approximate surface area is 108 Å². The van der Waals surface area contributed by atoms with Crippen LogP contribution in [0.4, 0.5) is 4.39 Å². The third-order valence-corrected chi connectivity index (χ3v) is 2.87. The molecule has 0 aliphatic rings. The Balaban J connectivity index is 2.79. The van der Waals surface area contributed by atoms with Crippen molar-refractivity contribution in [1.29, 1.82) is 0 Å². The van der Waals surface area contributed by atoms with Crippen molar-refractivity contribution in [3.63, 3.8) is 0 Å². The van der Waals surface area contributed by atoms with E-state index in [2.05, 4.69) is 5.32 Å². The van der Waals surface area contributed by atoms with Gasteiger partial charge < -0.3 is 15.2 Å². The van der Waals surface area contributed by atoms with E-state index in [-0.39, 0.29) is 17.8 Å². The minimum absolute atomic E-state index is 0.105. The normalized spacial score (nSPS) is 11.6. The van der Waals surface area contributed by atoms with Gasteiger partial charge in [-0.25, -0.2) is 4.39 Å². The summed E-state index contributed by atoms with van der Waals surface area (Å²) in [7, 11) is 0. The molecule has 0 saturated heterocycles. The molecule has 102 valence electrons. The van der Waals surface area contributed by atoms with Gasteiger partial charge in [0.25, 0.3) is 0 Å². The summed E-state index contributed by atoms with van der Waals surface area (Å²) in [5.74, 6) is -0.0371. The first-order valence-electron chi connectivity index (χ1n) is 6.25. The average Bonchev–Trinajstić information content (AvgIpc) is 2.32. The van der Waals surface area contributed by atoms with Gasteiger partial charge in [-0.2, -0.15) is 0 Å². The van der Waals surface area contributed by atoms with Gasteiger partial charge in [-0.3, -0.25) is 0 Å². The lowest BCUT2D eigenvalue weighted by Gasteiger charge is -2.26. The second kappa shape index (κ2) is 6.71. The highest BCUT2D eigenvalue weighted by atomic mass is 19.1. The number of hydrogen-bond donors (Lipinski definition) is 2. The third kappa shape index (κ3) is 3.96. The number of aliphatic hydroxyl groups is 1. The molecule has 0 radical (unpaired) electrons. The molecule has 2 N–H and O–H groups in total. The first kappa shape index (κ1) is 14.9. The van der Waals surface area contributed by atoms with Crippen LogP contribution in [0.1, 0.15) is 26.3 Å². The number of halogens is 1.